The molecule has 1 atom stereocenters. The highest BCUT2D eigenvalue weighted by Crippen LogP contribution is 2.44. The van der Waals surface area contributed by atoms with Gasteiger partial charge in [0.1, 0.15) is 17.3 Å². The quantitative estimate of drug-likeness (QED) is 0.241. The number of amides is 1. The number of aliphatic hydroxyl groups is 1. The van der Waals surface area contributed by atoms with Gasteiger partial charge in [-0.05, 0) is 76.3 Å². The second kappa shape index (κ2) is 12.8. The summed E-state index contributed by atoms with van der Waals surface area (Å²) in [5.74, 6) is -1.80. The number of aliphatic hydroxyl groups excluding tert-OH is 1. The minimum Gasteiger partial charge on any atom is -0.507 e. The van der Waals surface area contributed by atoms with Crippen LogP contribution in [0.4, 0.5) is 4.39 Å². The lowest BCUT2D eigenvalue weighted by molar-refractivity contribution is -0.140. The number of halogens is 1. The molecule has 1 fully saturated rings. The molecule has 8 nitrogen and oxygen atoms in total. The van der Waals surface area contributed by atoms with Gasteiger partial charge in [0.25, 0.3) is 11.7 Å². The monoisotopic (exact) mass is 528 g/mol. The van der Waals surface area contributed by atoms with Gasteiger partial charge in [-0.25, -0.2) is 4.39 Å². The maximum absolute atomic E-state index is 14.8. The fourth-order valence-corrected chi connectivity index (χ4v) is 4.64. The number of carbonyl (C=O) groups excluding carboxylic acids is 2. The molecule has 0 aliphatic carbocycles. The molecular weight excluding hydrogens is 491 g/mol. The Bertz CT molecular complexity index is 1190. The van der Waals surface area contributed by atoms with Crippen LogP contribution in [0.15, 0.2) is 42.0 Å². The zero-order chi connectivity index (χ0) is 28.0. The van der Waals surface area contributed by atoms with Gasteiger partial charge in [-0.2, -0.15) is 0 Å². The van der Waals surface area contributed by atoms with Gasteiger partial charge in [0.15, 0.2) is 11.6 Å². The average molecular weight is 529 g/mol. The molecule has 1 N–H and O–H groups in total. The maximum atomic E-state index is 14.8. The lowest BCUT2D eigenvalue weighted by Gasteiger charge is -2.28. The van der Waals surface area contributed by atoms with E-state index in [4.69, 9.17) is 14.2 Å². The van der Waals surface area contributed by atoms with Gasteiger partial charge in [-0.1, -0.05) is 13.8 Å². The van der Waals surface area contributed by atoms with Crippen molar-refractivity contribution < 1.29 is 33.3 Å². The highest BCUT2D eigenvalue weighted by atomic mass is 19.1. The molecular formula is C29H37FN2O6. The third kappa shape index (κ3) is 6.10. The molecule has 1 saturated heterocycles. The van der Waals surface area contributed by atoms with E-state index in [1.807, 2.05) is 0 Å². The Hall–Kier alpha value is -3.59. The van der Waals surface area contributed by atoms with Crippen LogP contribution in [0.25, 0.3) is 5.76 Å². The number of ketones is 1. The smallest absolute Gasteiger partial charge is 0.295 e. The van der Waals surface area contributed by atoms with Gasteiger partial charge in [0.2, 0.25) is 0 Å². The molecule has 38 heavy (non-hydrogen) atoms. The van der Waals surface area contributed by atoms with Gasteiger partial charge < -0.3 is 29.1 Å². The number of methoxy groups -OCH3 is 2. The van der Waals surface area contributed by atoms with E-state index >= 15 is 0 Å². The predicted octanol–water partition coefficient (Wildman–Crippen LogP) is 4.78. The van der Waals surface area contributed by atoms with Crippen molar-refractivity contribution in [3.63, 3.8) is 0 Å². The minimum atomic E-state index is -0.952. The summed E-state index contributed by atoms with van der Waals surface area (Å²) >= 11 is 0. The van der Waals surface area contributed by atoms with Crippen molar-refractivity contribution in [1.82, 2.24) is 9.80 Å². The molecule has 3 rings (SSSR count). The third-order valence-electron chi connectivity index (χ3n) is 6.61. The minimum absolute atomic E-state index is 0.0272. The summed E-state index contributed by atoms with van der Waals surface area (Å²) in [5.41, 5.74) is 0.406. The number of nitrogens with zero attached hydrogens (tertiary/aromatic N) is 2. The van der Waals surface area contributed by atoms with Crippen LogP contribution in [0.3, 0.4) is 0 Å². The van der Waals surface area contributed by atoms with E-state index in [2.05, 4.69) is 18.7 Å². The fraction of sp³-hybridized carbons (Fsp3) is 0.448. The lowest BCUT2D eigenvalue weighted by atomic mass is 9.94. The molecule has 0 unspecified atom stereocenters. The maximum Gasteiger partial charge on any atom is 0.295 e. The van der Waals surface area contributed by atoms with Crippen LogP contribution in [0.2, 0.25) is 0 Å². The van der Waals surface area contributed by atoms with Gasteiger partial charge in [-0.15, -0.1) is 0 Å². The number of ether oxygens (including phenoxy) is 3. The van der Waals surface area contributed by atoms with Gasteiger partial charge >= 0.3 is 0 Å². The fourth-order valence-electron chi connectivity index (χ4n) is 4.64. The molecule has 0 bridgehead atoms. The molecule has 2 aromatic carbocycles. The van der Waals surface area contributed by atoms with E-state index in [-0.39, 0.29) is 29.5 Å². The molecule has 0 saturated carbocycles. The van der Waals surface area contributed by atoms with E-state index in [1.54, 1.807) is 32.0 Å². The normalized spacial score (nSPS) is 17.0. The zero-order valence-electron chi connectivity index (χ0n) is 22.9. The molecule has 206 valence electrons. The van der Waals surface area contributed by atoms with Crippen LogP contribution in [-0.2, 0) is 9.59 Å². The average Bonchev–Trinajstić information content (AvgIpc) is 3.16. The van der Waals surface area contributed by atoms with E-state index in [0.717, 1.165) is 25.7 Å². The molecule has 1 amide bonds. The van der Waals surface area contributed by atoms with Crippen LogP contribution in [-0.4, -0.2) is 73.1 Å². The summed E-state index contributed by atoms with van der Waals surface area (Å²) in [4.78, 5) is 30.3. The SMILES string of the molecule is CCN(CC)CCCN1C(=O)C(=O)/C(=C(/O)c2ccc(OC(C)C)c(F)c2)[C@@H]1c1cc(OC)ccc1OC. The van der Waals surface area contributed by atoms with Crippen molar-refractivity contribution in [3.8, 4) is 17.2 Å². The Labute approximate surface area is 223 Å². The van der Waals surface area contributed by atoms with E-state index < -0.39 is 29.3 Å². The topological polar surface area (TPSA) is 88.5 Å². The zero-order valence-corrected chi connectivity index (χ0v) is 22.9. The summed E-state index contributed by atoms with van der Waals surface area (Å²) in [6, 6.07) is 8.07. The molecule has 0 spiro atoms. The molecule has 2 aromatic rings. The van der Waals surface area contributed by atoms with Crippen molar-refractivity contribution in [1.29, 1.82) is 0 Å². The second-order valence-corrected chi connectivity index (χ2v) is 9.29. The molecule has 0 aromatic heterocycles. The molecule has 1 aliphatic rings. The Balaban J connectivity index is 2.14. The van der Waals surface area contributed by atoms with Crippen LogP contribution < -0.4 is 14.2 Å². The Morgan fingerprint density at radius 3 is 2.32 bits per heavy atom. The van der Waals surface area contributed by atoms with Crippen molar-refractivity contribution in [3.05, 3.63) is 58.9 Å². The number of hydrogen-bond acceptors (Lipinski definition) is 7. The van der Waals surface area contributed by atoms with Crippen LogP contribution in [0.1, 0.15) is 51.3 Å². The number of hydrogen-bond donors (Lipinski definition) is 1. The number of likely N-dealkylation sites (tertiary alicyclic amines) is 1. The summed E-state index contributed by atoms with van der Waals surface area (Å²) in [6.07, 6.45) is 0.374. The molecule has 1 aliphatic heterocycles. The summed E-state index contributed by atoms with van der Waals surface area (Å²) < 4.78 is 31.2. The number of rotatable bonds is 12. The Morgan fingerprint density at radius 2 is 1.74 bits per heavy atom. The summed E-state index contributed by atoms with van der Waals surface area (Å²) in [5, 5.41) is 11.3. The molecule has 1 heterocycles. The standard InChI is InChI=1S/C29H37FN2O6/c1-7-31(8-2)14-9-15-32-26(21-17-20(36-5)11-13-23(21)37-6)25(28(34)29(32)35)27(33)19-10-12-24(22(30)16-19)38-18(3)4/h10-13,16-18,26,33H,7-9,14-15H2,1-6H3/b27-25+/t26-/m0/s1. The van der Waals surface area contributed by atoms with Crippen molar-refractivity contribution >= 4 is 17.4 Å². The van der Waals surface area contributed by atoms with Gasteiger partial charge in [0.05, 0.1) is 31.9 Å². The largest absolute Gasteiger partial charge is 0.507 e. The van der Waals surface area contributed by atoms with E-state index in [0.29, 0.717) is 23.5 Å². The Kier molecular flexibility index (Phi) is 9.74. The predicted molar refractivity (Wildman–Crippen MR) is 143 cm³/mol. The van der Waals surface area contributed by atoms with E-state index in [1.165, 1.54) is 31.3 Å². The first-order valence-corrected chi connectivity index (χ1v) is 12.9. The van der Waals surface area contributed by atoms with Crippen molar-refractivity contribution in [2.45, 2.75) is 46.3 Å². The second-order valence-electron chi connectivity index (χ2n) is 9.29. The summed E-state index contributed by atoms with van der Waals surface area (Å²) in [6.45, 7) is 10.4. The van der Waals surface area contributed by atoms with E-state index in [9.17, 15) is 19.1 Å². The first-order valence-electron chi connectivity index (χ1n) is 12.9. The first kappa shape index (κ1) is 29.0. The van der Waals surface area contributed by atoms with Crippen molar-refractivity contribution in [2.24, 2.45) is 0 Å². The van der Waals surface area contributed by atoms with Crippen molar-refractivity contribution in [2.75, 3.05) is 40.4 Å². The number of Topliss-reactive ketones (excluding diaryl/α,β-unsaturated/α-hetero) is 1. The number of benzene rings is 2. The third-order valence-corrected chi connectivity index (χ3v) is 6.61. The molecule has 9 heteroatoms. The number of carbonyl (C=O) groups is 2. The highest BCUT2D eigenvalue weighted by Gasteiger charge is 2.47. The highest BCUT2D eigenvalue weighted by molar-refractivity contribution is 6.46. The first-order chi connectivity index (χ1) is 18.2. The van der Waals surface area contributed by atoms with Crippen LogP contribution in [0, 0.1) is 5.82 Å². The lowest BCUT2D eigenvalue weighted by Crippen LogP contribution is -2.33. The Morgan fingerprint density at radius 1 is 1.05 bits per heavy atom. The van der Waals surface area contributed by atoms with Gasteiger partial charge in [-0.3, -0.25) is 9.59 Å². The van der Waals surface area contributed by atoms with Crippen LogP contribution in [0.5, 0.6) is 17.2 Å². The summed E-state index contributed by atoms with van der Waals surface area (Å²) in [7, 11) is 3.00. The molecule has 0 radical (unpaired) electrons. The van der Waals surface area contributed by atoms with Crippen LogP contribution >= 0.6 is 0 Å². The van der Waals surface area contributed by atoms with Gasteiger partial charge in [0, 0.05) is 17.7 Å².